The largest absolute Gasteiger partial charge is 0.462 e. The number of piperidine rings is 1. The first-order valence-corrected chi connectivity index (χ1v) is 10.3. The van der Waals surface area contributed by atoms with Gasteiger partial charge in [0.2, 0.25) is 5.91 Å². The third-order valence-corrected chi connectivity index (χ3v) is 5.80. The molecule has 0 spiro atoms. The normalized spacial score (nSPS) is 15.6. The number of carbonyl (C=O) groups excluding carboxylic acids is 1. The molecule has 0 aliphatic carbocycles. The number of nitrogens with zero attached hydrogens (tertiary/aromatic N) is 2. The summed E-state index contributed by atoms with van der Waals surface area (Å²) < 4.78 is 18.3. The van der Waals surface area contributed by atoms with Crippen LogP contribution in [0.15, 0.2) is 52.5 Å². The fourth-order valence-corrected chi connectivity index (χ4v) is 4.21. The van der Waals surface area contributed by atoms with E-state index in [-0.39, 0.29) is 24.2 Å². The van der Waals surface area contributed by atoms with Crippen LogP contribution >= 0.6 is 11.3 Å². The molecule has 1 fully saturated rings. The number of nitrogens with one attached hydrogen (secondary N) is 1. The first kappa shape index (κ1) is 18.8. The molecule has 0 saturated carbocycles. The standard InChI is InChI=1S/C21H22FN3O2S/c22-16-5-3-15(4-6-16)13-25-9-7-17(8-10-25)23-20(26)12-18-14-28-21(24-18)19-2-1-11-27-19/h1-6,11,14,17H,7-10,12-13H2,(H,23,26). The van der Waals surface area contributed by atoms with E-state index in [9.17, 15) is 9.18 Å². The summed E-state index contributed by atoms with van der Waals surface area (Å²) in [6, 6.07) is 10.5. The van der Waals surface area contributed by atoms with E-state index in [4.69, 9.17) is 4.42 Å². The molecule has 3 heterocycles. The minimum atomic E-state index is -0.207. The first-order chi connectivity index (χ1) is 13.7. The van der Waals surface area contributed by atoms with Crippen molar-refractivity contribution >= 4 is 17.2 Å². The van der Waals surface area contributed by atoms with E-state index in [2.05, 4.69) is 15.2 Å². The maximum atomic E-state index is 13.0. The van der Waals surface area contributed by atoms with Crippen LogP contribution in [0.4, 0.5) is 4.39 Å². The van der Waals surface area contributed by atoms with Gasteiger partial charge in [0.1, 0.15) is 5.82 Å². The number of rotatable bonds is 6. The summed E-state index contributed by atoms with van der Waals surface area (Å²) in [5.41, 5.74) is 1.88. The lowest BCUT2D eigenvalue weighted by atomic mass is 10.0. The van der Waals surface area contributed by atoms with Crippen molar-refractivity contribution in [3.63, 3.8) is 0 Å². The SMILES string of the molecule is O=C(Cc1csc(-c2ccco2)n1)NC1CCN(Cc2ccc(F)cc2)CC1. The van der Waals surface area contributed by atoms with Crippen molar-refractivity contribution in [2.45, 2.75) is 31.8 Å². The molecule has 0 atom stereocenters. The molecule has 1 aliphatic rings. The maximum absolute atomic E-state index is 13.0. The second kappa shape index (κ2) is 8.67. The van der Waals surface area contributed by atoms with Gasteiger partial charge in [-0.2, -0.15) is 0 Å². The van der Waals surface area contributed by atoms with Gasteiger partial charge < -0.3 is 9.73 Å². The highest BCUT2D eigenvalue weighted by Crippen LogP contribution is 2.24. The average molecular weight is 399 g/mol. The monoisotopic (exact) mass is 399 g/mol. The van der Waals surface area contributed by atoms with E-state index in [1.807, 2.05) is 29.6 Å². The van der Waals surface area contributed by atoms with E-state index in [0.717, 1.165) is 54.5 Å². The predicted molar refractivity (Wildman–Crippen MR) is 106 cm³/mol. The third kappa shape index (κ3) is 4.85. The Hall–Kier alpha value is -2.51. The molecule has 28 heavy (non-hydrogen) atoms. The number of thiazole rings is 1. The Kier molecular flexibility index (Phi) is 5.83. The Labute approximate surface area is 167 Å². The van der Waals surface area contributed by atoms with Crippen LogP contribution in [-0.4, -0.2) is 34.9 Å². The zero-order valence-electron chi connectivity index (χ0n) is 15.4. The van der Waals surface area contributed by atoms with Crippen molar-refractivity contribution in [1.29, 1.82) is 0 Å². The molecular formula is C21H22FN3O2S. The van der Waals surface area contributed by atoms with Gasteiger partial charge in [-0.25, -0.2) is 9.37 Å². The number of carbonyl (C=O) groups is 1. The fraction of sp³-hybridized carbons (Fsp3) is 0.333. The Balaban J connectivity index is 1.22. The Bertz CT molecular complexity index is 900. The molecule has 0 unspecified atom stereocenters. The highest BCUT2D eigenvalue weighted by Gasteiger charge is 2.21. The lowest BCUT2D eigenvalue weighted by molar-refractivity contribution is -0.121. The molecule has 146 valence electrons. The summed E-state index contributed by atoms with van der Waals surface area (Å²) in [4.78, 5) is 19.2. The fourth-order valence-electron chi connectivity index (χ4n) is 3.43. The molecule has 7 heteroatoms. The van der Waals surface area contributed by atoms with E-state index in [1.54, 1.807) is 6.26 Å². The van der Waals surface area contributed by atoms with Crippen molar-refractivity contribution in [2.24, 2.45) is 0 Å². The van der Waals surface area contributed by atoms with Crippen molar-refractivity contribution in [1.82, 2.24) is 15.2 Å². The third-order valence-electron chi connectivity index (χ3n) is 4.90. The highest BCUT2D eigenvalue weighted by molar-refractivity contribution is 7.13. The number of hydrogen-bond donors (Lipinski definition) is 1. The number of furan rings is 1. The van der Waals surface area contributed by atoms with E-state index >= 15 is 0 Å². The topological polar surface area (TPSA) is 58.4 Å². The van der Waals surface area contributed by atoms with Crippen LogP contribution in [0.1, 0.15) is 24.1 Å². The van der Waals surface area contributed by atoms with E-state index in [0.29, 0.717) is 0 Å². The van der Waals surface area contributed by atoms with Gasteiger partial charge in [0.15, 0.2) is 10.8 Å². The molecule has 0 bridgehead atoms. The summed E-state index contributed by atoms with van der Waals surface area (Å²) in [6.07, 6.45) is 3.74. The van der Waals surface area contributed by atoms with Crippen LogP contribution in [0.25, 0.3) is 10.8 Å². The number of aromatic nitrogens is 1. The summed E-state index contributed by atoms with van der Waals surface area (Å²) in [5.74, 6) is 0.528. The minimum Gasteiger partial charge on any atom is -0.462 e. The minimum absolute atomic E-state index is 0.00767. The number of hydrogen-bond acceptors (Lipinski definition) is 5. The van der Waals surface area contributed by atoms with Gasteiger partial charge in [-0.15, -0.1) is 11.3 Å². The van der Waals surface area contributed by atoms with E-state index < -0.39 is 0 Å². The Morgan fingerprint density at radius 3 is 2.75 bits per heavy atom. The van der Waals surface area contributed by atoms with Crippen LogP contribution < -0.4 is 5.32 Å². The predicted octanol–water partition coefficient (Wildman–Crippen LogP) is 3.87. The lowest BCUT2D eigenvalue weighted by Gasteiger charge is -2.32. The highest BCUT2D eigenvalue weighted by atomic mass is 32.1. The number of benzene rings is 1. The van der Waals surface area contributed by atoms with Crippen LogP contribution in [0.5, 0.6) is 0 Å². The quantitative estimate of drug-likeness (QED) is 0.684. The molecule has 3 aromatic rings. The van der Waals surface area contributed by atoms with Gasteiger partial charge in [0.25, 0.3) is 0 Å². The smallest absolute Gasteiger partial charge is 0.226 e. The molecule has 1 aliphatic heterocycles. The molecule has 0 radical (unpaired) electrons. The molecule has 1 N–H and O–H groups in total. The van der Waals surface area contributed by atoms with Crippen molar-refractivity contribution in [3.8, 4) is 10.8 Å². The van der Waals surface area contributed by atoms with Gasteiger partial charge in [-0.1, -0.05) is 12.1 Å². The van der Waals surface area contributed by atoms with Crippen LogP contribution in [0.2, 0.25) is 0 Å². The maximum Gasteiger partial charge on any atom is 0.226 e. The van der Waals surface area contributed by atoms with Gasteiger partial charge >= 0.3 is 0 Å². The van der Waals surface area contributed by atoms with E-state index in [1.165, 1.54) is 23.5 Å². The first-order valence-electron chi connectivity index (χ1n) is 9.40. The Morgan fingerprint density at radius 1 is 1.25 bits per heavy atom. The second-order valence-corrected chi connectivity index (χ2v) is 7.90. The Morgan fingerprint density at radius 2 is 2.04 bits per heavy atom. The number of likely N-dealkylation sites (tertiary alicyclic amines) is 1. The molecule has 4 rings (SSSR count). The molecule has 1 aromatic carbocycles. The molecule has 5 nitrogen and oxygen atoms in total. The van der Waals surface area contributed by atoms with Gasteiger partial charge in [-0.05, 0) is 42.7 Å². The van der Waals surface area contributed by atoms with Crippen LogP contribution in [0, 0.1) is 5.82 Å². The lowest BCUT2D eigenvalue weighted by Crippen LogP contribution is -2.44. The number of halogens is 1. The molecular weight excluding hydrogens is 377 g/mol. The number of amides is 1. The van der Waals surface area contributed by atoms with Crippen molar-refractivity contribution in [3.05, 3.63) is 65.1 Å². The van der Waals surface area contributed by atoms with Crippen molar-refractivity contribution in [2.75, 3.05) is 13.1 Å². The van der Waals surface area contributed by atoms with Gasteiger partial charge in [0.05, 0.1) is 18.4 Å². The summed E-state index contributed by atoms with van der Waals surface area (Å²) in [5, 5.41) is 5.83. The second-order valence-electron chi connectivity index (χ2n) is 7.04. The van der Waals surface area contributed by atoms with Crippen LogP contribution in [-0.2, 0) is 17.8 Å². The van der Waals surface area contributed by atoms with Gasteiger partial charge in [-0.3, -0.25) is 9.69 Å². The average Bonchev–Trinajstić information content (AvgIpc) is 3.37. The van der Waals surface area contributed by atoms with Gasteiger partial charge in [0, 0.05) is 31.1 Å². The summed E-state index contributed by atoms with van der Waals surface area (Å²) in [7, 11) is 0. The molecule has 1 amide bonds. The zero-order valence-corrected chi connectivity index (χ0v) is 16.3. The van der Waals surface area contributed by atoms with Crippen molar-refractivity contribution < 1.29 is 13.6 Å². The van der Waals surface area contributed by atoms with Crippen LogP contribution in [0.3, 0.4) is 0 Å². The molecule has 1 saturated heterocycles. The molecule has 2 aromatic heterocycles. The zero-order chi connectivity index (χ0) is 19.3. The summed E-state index contributed by atoms with van der Waals surface area (Å²) in [6.45, 7) is 2.65. The summed E-state index contributed by atoms with van der Waals surface area (Å²) >= 11 is 1.48.